The summed E-state index contributed by atoms with van der Waals surface area (Å²) in [6.07, 6.45) is 7.01. The molecule has 1 aliphatic rings. The number of rotatable bonds is 6. The molecule has 0 bridgehead atoms. The Morgan fingerprint density at radius 3 is 2.80 bits per heavy atom. The van der Waals surface area contributed by atoms with Crippen molar-refractivity contribution >= 4 is 34.5 Å². The van der Waals surface area contributed by atoms with Gasteiger partial charge in [0.25, 0.3) is 0 Å². The number of hydrogen-bond donors (Lipinski definition) is 0. The molecule has 5 rings (SSSR count). The second-order valence-electron chi connectivity index (χ2n) is 9.15. The van der Waals surface area contributed by atoms with Crippen LogP contribution < -0.4 is 4.90 Å². The number of nitrogens with zero attached hydrogens (tertiary/aromatic N) is 6. The first-order chi connectivity index (χ1) is 17.0. The minimum Gasteiger partial charge on any atom is -0.347 e. The number of halogens is 1. The Balaban J connectivity index is 1.45. The van der Waals surface area contributed by atoms with E-state index in [2.05, 4.69) is 14.5 Å². The van der Waals surface area contributed by atoms with Crippen molar-refractivity contribution in [1.29, 1.82) is 0 Å². The Morgan fingerprint density at radius 1 is 1.11 bits per heavy atom. The Bertz CT molecular complexity index is 1350. The van der Waals surface area contributed by atoms with Crippen LogP contribution in [0.1, 0.15) is 37.4 Å². The third kappa shape index (κ3) is 4.86. The lowest BCUT2D eigenvalue weighted by Crippen LogP contribution is -2.39. The Labute approximate surface area is 210 Å². The lowest BCUT2D eigenvalue weighted by atomic mass is 9.93. The van der Waals surface area contributed by atoms with Crippen molar-refractivity contribution in [3.05, 3.63) is 71.8 Å². The van der Waals surface area contributed by atoms with Crippen LogP contribution in [0.2, 0.25) is 5.02 Å². The number of aromatic nitrogens is 4. The number of imidazole rings is 1. The topological polar surface area (TPSA) is 67.2 Å². The van der Waals surface area contributed by atoms with Gasteiger partial charge in [-0.1, -0.05) is 35.9 Å². The smallest absolute Gasteiger partial charge is 0.225 e. The second-order valence-corrected chi connectivity index (χ2v) is 9.59. The van der Waals surface area contributed by atoms with Crippen LogP contribution in [0.4, 0.5) is 5.95 Å². The Morgan fingerprint density at radius 2 is 1.97 bits per heavy atom. The van der Waals surface area contributed by atoms with E-state index < -0.39 is 0 Å². The number of carbonyl (C=O) groups is 1. The van der Waals surface area contributed by atoms with Gasteiger partial charge in [0.2, 0.25) is 11.9 Å². The highest BCUT2D eigenvalue weighted by atomic mass is 35.5. The number of benzene rings is 2. The molecule has 4 aromatic rings. The number of anilines is 1. The van der Waals surface area contributed by atoms with Crippen LogP contribution in [0.3, 0.4) is 0 Å². The molecule has 1 atom stereocenters. The number of amides is 1. The number of fused-ring (bicyclic) bond motifs is 1. The molecule has 0 N–H and O–H groups in total. The van der Waals surface area contributed by atoms with Gasteiger partial charge in [-0.3, -0.25) is 4.79 Å². The van der Waals surface area contributed by atoms with E-state index in [1.165, 1.54) is 0 Å². The van der Waals surface area contributed by atoms with E-state index >= 15 is 0 Å². The fourth-order valence-electron chi connectivity index (χ4n) is 4.80. The molecule has 1 unspecified atom stereocenters. The molecular formula is C27H29ClN6O. The molecule has 3 heterocycles. The predicted octanol–water partition coefficient (Wildman–Crippen LogP) is 5.36. The predicted molar refractivity (Wildman–Crippen MR) is 139 cm³/mol. The molecule has 7 nitrogen and oxygen atoms in total. The molecule has 0 aliphatic carbocycles. The quantitative estimate of drug-likeness (QED) is 0.365. The molecule has 180 valence electrons. The van der Waals surface area contributed by atoms with Crippen molar-refractivity contribution in [3.8, 4) is 11.1 Å². The molecule has 8 heteroatoms. The standard InChI is InChI=1S/C27H29ClN6O/c1-32(2)27-29-17-21(19-8-7-9-20(28)16-19)26(31-27)24-12-5-6-14-34(24)25(35)13-15-33-18-30-22-10-3-4-11-23(22)33/h3-4,7-11,16-18,24H,5-6,12-15H2,1-2H3. The number of hydrogen-bond acceptors (Lipinski definition) is 5. The first-order valence-corrected chi connectivity index (χ1v) is 12.4. The maximum atomic E-state index is 13.6. The van der Waals surface area contributed by atoms with E-state index in [0.29, 0.717) is 23.9 Å². The van der Waals surface area contributed by atoms with Crippen LogP contribution in [-0.2, 0) is 11.3 Å². The van der Waals surface area contributed by atoms with Gasteiger partial charge in [-0.05, 0) is 49.1 Å². The van der Waals surface area contributed by atoms with Crippen LogP contribution in [0, 0.1) is 0 Å². The van der Waals surface area contributed by atoms with Gasteiger partial charge in [-0.15, -0.1) is 0 Å². The maximum absolute atomic E-state index is 13.6. The zero-order chi connectivity index (χ0) is 24.4. The van der Waals surface area contributed by atoms with Gasteiger partial charge < -0.3 is 14.4 Å². The third-order valence-electron chi connectivity index (χ3n) is 6.57. The molecule has 35 heavy (non-hydrogen) atoms. The van der Waals surface area contributed by atoms with Crippen molar-refractivity contribution in [2.45, 2.75) is 38.3 Å². The summed E-state index contributed by atoms with van der Waals surface area (Å²) in [7, 11) is 3.86. The number of aryl methyl sites for hydroxylation is 1. The summed E-state index contributed by atoms with van der Waals surface area (Å²) in [4.78, 5) is 31.4. The van der Waals surface area contributed by atoms with Gasteiger partial charge in [0.1, 0.15) is 0 Å². The lowest BCUT2D eigenvalue weighted by Gasteiger charge is -2.36. The molecule has 1 saturated heterocycles. The van der Waals surface area contributed by atoms with Crippen molar-refractivity contribution < 1.29 is 4.79 Å². The van der Waals surface area contributed by atoms with Crippen molar-refractivity contribution in [3.63, 3.8) is 0 Å². The molecule has 0 radical (unpaired) electrons. The Kier molecular flexibility index (Phi) is 6.68. The van der Waals surface area contributed by atoms with E-state index in [-0.39, 0.29) is 11.9 Å². The summed E-state index contributed by atoms with van der Waals surface area (Å²) in [5.74, 6) is 0.767. The molecule has 1 amide bonds. The van der Waals surface area contributed by atoms with E-state index in [4.69, 9.17) is 16.6 Å². The van der Waals surface area contributed by atoms with Gasteiger partial charge in [0.05, 0.1) is 29.1 Å². The summed E-state index contributed by atoms with van der Waals surface area (Å²) in [6.45, 7) is 1.32. The molecule has 2 aromatic carbocycles. The largest absolute Gasteiger partial charge is 0.347 e. The first kappa shape index (κ1) is 23.3. The zero-order valence-corrected chi connectivity index (χ0v) is 20.8. The number of para-hydroxylation sites is 2. The summed E-state index contributed by atoms with van der Waals surface area (Å²) in [5.41, 5.74) is 4.75. The van der Waals surface area contributed by atoms with E-state index in [1.54, 1.807) is 0 Å². The van der Waals surface area contributed by atoms with Crippen LogP contribution in [-0.4, -0.2) is 51.0 Å². The second kappa shape index (κ2) is 10.0. The van der Waals surface area contributed by atoms with Crippen molar-refractivity contribution in [1.82, 2.24) is 24.4 Å². The summed E-state index contributed by atoms with van der Waals surface area (Å²) in [5, 5.41) is 0.661. The molecule has 1 aliphatic heterocycles. The van der Waals surface area contributed by atoms with Gasteiger partial charge in [-0.2, -0.15) is 0 Å². The van der Waals surface area contributed by atoms with Crippen LogP contribution >= 0.6 is 11.6 Å². The number of carbonyl (C=O) groups excluding carboxylic acids is 1. The van der Waals surface area contributed by atoms with Crippen molar-refractivity contribution in [2.75, 3.05) is 25.5 Å². The van der Waals surface area contributed by atoms with Crippen LogP contribution in [0.5, 0.6) is 0 Å². The zero-order valence-electron chi connectivity index (χ0n) is 20.1. The summed E-state index contributed by atoms with van der Waals surface area (Å²) in [6, 6.07) is 15.6. The van der Waals surface area contributed by atoms with Gasteiger partial charge in [0, 0.05) is 50.4 Å². The minimum absolute atomic E-state index is 0.105. The summed E-state index contributed by atoms with van der Waals surface area (Å²) < 4.78 is 2.05. The molecular weight excluding hydrogens is 460 g/mol. The van der Waals surface area contributed by atoms with E-state index in [0.717, 1.165) is 53.7 Å². The van der Waals surface area contributed by atoms with E-state index in [9.17, 15) is 4.79 Å². The molecule has 0 saturated carbocycles. The highest BCUT2D eigenvalue weighted by Gasteiger charge is 2.31. The number of piperidine rings is 1. The highest BCUT2D eigenvalue weighted by molar-refractivity contribution is 6.30. The molecule has 2 aromatic heterocycles. The highest BCUT2D eigenvalue weighted by Crippen LogP contribution is 2.37. The monoisotopic (exact) mass is 488 g/mol. The van der Waals surface area contributed by atoms with Crippen LogP contribution in [0.25, 0.3) is 22.2 Å². The van der Waals surface area contributed by atoms with Crippen molar-refractivity contribution in [2.24, 2.45) is 0 Å². The molecule has 0 spiro atoms. The minimum atomic E-state index is -0.105. The average molecular weight is 489 g/mol. The average Bonchev–Trinajstić information content (AvgIpc) is 3.30. The Hall–Kier alpha value is -3.45. The van der Waals surface area contributed by atoms with Gasteiger partial charge >= 0.3 is 0 Å². The van der Waals surface area contributed by atoms with Crippen LogP contribution in [0.15, 0.2) is 61.1 Å². The lowest BCUT2D eigenvalue weighted by molar-refractivity contribution is -0.135. The fourth-order valence-corrected chi connectivity index (χ4v) is 4.99. The molecule has 1 fully saturated rings. The fraction of sp³-hybridized carbons (Fsp3) is 0.333. The SMILES string of the molecule is CN(C)c1ncc(-c2cccc(Cl)c2)c(C2CCCCN2C(=O)CCn2cnc3ccccc32)n1. The summed E-state index contributed by atoms with van der Waals surface area (Å²) >= 11 is 6.30. The van der Waals surface area contributed by atoms with E-state index in [1.807, 2.05) is 85.0 Å². The normalized spacial score (nSPS) is 16.0. The number of likely N-dealkylation sites (tertiary alicyclic amines) is 1. The first-order valence-electron chi connectivity index (χ1n) is 12.0. The maximum Gasteiger partial charge on any atom is 0.225 e. The van der Waals surface area contributed by atoms with Gasteiger partial charge in [-0.25, -0.2) is 15.0 Å². The third-order valence-corrected chi connectivity index (χ3v) is 6.81. The van der Waals surface area contributed by atoms with Gasteiger partial charge in [0.15, 0.2) is 0 Å².